The smallest absolute Gasteiger partial charge is 0.236 e. The molecule has 0 aromatic heterocycles. The summed E-state index contributed by atoms with van der Waals surface area (Å²) in [5.41, 5.74) is 0. The number of piperazine rings is 1. The van der Waals surface area contributed by atoms with Gasteiger partial charge in [-0.2, -0.15) is 0 Å². The van der Waals surface area contributed by atoms with Crippen LogP contribution < -0.4 is 5.32 Å². The molecular formula is C17H32N4O3. The van der Waals surface area contributed by atoms with Crippen molar-refractivity contribution in [3.63, 3.8) is 0 Å². The Hall–Kier alpha value is -1.18. The predicted octanol–water partition coefficient (Wildman–Crippen LogP) is -0.234. The summed E-state index contributed by atoms with van der Waals surface area (Å²) in [4.78, 5) is 30.4. The second-order valence-corrected chi connectivity index (χ2v) is 6.99. The van der Waals surface area contributed by atoms with E-state index in [1.54, 1.807) is 7.11 Å². The number of carbonyl (C=O) groups is 2. The molecule has 0 unspecified atom stereocenters. The van der Waals surface area contributed by atoms with Crippen LogP contribution in [0.4, 0.5) is 0 Å². The van der Waals surface area contributed by atoms with Crippen LogP contribution in [-0.2, 0) is 14.3 Å². The number of carbonyl (C=O) groups excluding carboxylic acids is 2. The number of hydrogen-bond donors (Lipinski definition) is 1. The molecule has 2 heterocycles. The monoisotopic (exact) mass is 340 g/mol. The molecule has 0 bridgehead atoms. The zero-order valence-electron chi connectivity index (χ0n) is 15.3. The highest BCUT2D eigenvalue weighted by molar-refractivity contribution is 5.78. The Morgan fingerprint density at radius 2 is 2.00 bits per heavy atom. The molecule has 0 aromatic rings. The Kier molecular flexibility index (Phi) is 7.45. The minimum Gasteiger partial charge on any atom is -0.383 e. The van der Waals surface area contributed by atoms with Gasteiger partial charge in [0.1, 0.15) is 0 Å². The Bertz CT molecular complexity index is 432. The molecule has 7 heteroatoms. The molecule has 2 rings (SSSR count). The van der Waals surface area contributed by atoms with Gasteiger partial charge in [0, 0.05) is 65.4 Å². The lowest BCUT2D eigenvalue weighted by Gasteiger charge is -2.40. The largest absolute Gasteiger partial charge is 0.383 e. The van der Waals surface area contributed by atoms with Crippen molar-refractivity contribution in [3.8, 4) is 0 Å². The quantitative estimate of drug-likeness (QED) is 0.723. The summed E-state index contributed by atoms with van der Waals surface area (Å²) < 4.78 is 5.16. The van der Waals surface area contributed by atoms with Crippen molar-refractivity contribution in [3.05, 3.63) is 0 Å². The van der Waals surface area contributed by atoms with Crippen LogP contribution in [-0.4, -0.2) is 98.1 Å². The molecule has 7 nitrogen and oxygen atoms in total. The number of likely N-dealkylation sites (tertiary alicyclic amines) is 1. The lowest BCUT2D eigenvalue weighted by Crippen LogP contribution is -2.56. The number of nitrogens with zero attached hydrogens (tertiary/aromatic N) is 3. The van der Waals surface area contributed by atoms with E-state index in [4.69, 9.17) is 4.74 Å². The van der Waals surface area contributed by atoms with Crippen molar-refractivity contribution in [2.24, 2.45) is 0 Å². The van der Waals surface area contributed by atoms with E-state index in [1.807, 2.05) is 4.90 Å². The predicted molar refractivity (Wildman–Crippen MR) is 92.8 cm³/mol. The standard InChI is InChI=1S/C17H32N4O3/c1-14-11-19(7-8-20(14)9-10-24-3)13-17(23)21-6-4-5-16(12-21)18-15(2)22/h14,16H,4-13H2,1-3H3,(H,18,22)/t14-,16+/m0/s1. The summed E-state index contributed by atoms with van der Waals surface area (Å²) in [5, 5.41) is 2.94. The van der Waals surface area contributed by atoms with Gasteiger partial charge in [-0.3, -0.25) is 19.4 Å². The summed E-state index contributed by atoms with van der Waals surface area (Å²) in [5.74, 6) is 0.165. The maximum atomic E-state index is 12.6. The summed E-state index contributed by atoms with van der Waals surface area (Å²) in [6, 6.07) is 0.542. The molecule has 2 saturated heterocycles. The second kappa shape index (κ2) is 9.34. The summed E-state index contributed by atoms with van der Waals surface area (Å²) in [6.45, 7) is 10.2. The van der Waals surface area contributed by atoms with Gasteiger partial charge in [-0.05, 0) is 19.8 Å². The van der Waals surface area contributed by atoms with E-state index in [-0.39, 0.29) is 17.9 Å². The lowest BCUT2D eigenvalue weighted by molar-refractivity contribution is -0.135. The van der Waals surface area contributed by atoms with Gasteiger partial charge < -0.3 is 15.0 Å². The van der Waals surface area contributed by atoms with Crippen LogP contribution in [0, 0.1) is 0 Å². The highest BCUT2D eigenvalue weighted by atomic mass is 16.5. The van der Waals surface area contributed by atoms with E-state index >= 15 is 0 Å². The minimum absolute atomic E-state index is 0.0182. The first-order valence-electron chi connectivity index (χ1n) is 8.99. The zero-order chi connectivity index (χ0) is 17.5. The Balaban J connectivity index is 1.77. The average molecular weight is 340 g/mol. The van der Waals surface area contributed by atoms with E-state index in [1.165, 1.54) is 6.92 Å². The highest BCUT2D eigenvalue weighted by Crippen LogP contribution is 2.13. The van der Waals surface area contributed by atoms with Gasteiger partial charge in [0.2, 0.25) is 11.8 Å². The summed E-state index contributed by atoms with van der Waals surface area (Å²) >= 11 is 0. The van der Waals surface area contributed by atoms with Crippen LogP contribution in [0.3, 0.4) is 0 Å². The van der Waals surface area contributed by atoms with Crippen LogP contribution in [0.2, 0.25) is 0 Å². The fourth-order valence-corrected chi connectivity index (χ4v) is 3.66. The van der Waals surface area contributed by atoms with Crippen LogP contribution in [0.1, 0.15) is 26.7 Å². The maximum absolute atomic E-state index is 12.6. The van der Waals surface area contributed by atoms with Gasteiger partial charge in [0.15, 0.2) is 0 Å². The second-order valence-electron chi connectivity index (χ2n) is 6.99. The van der Waals surface area contributed by atoms with Crippen LogP contribution >= 0.6 is 0 Å². The molecule has 0 saturated carbocycles. The molecule has 2 atom stereocenters. The summed E-state index contributed by atoms with van der Waals surface area (Å²) in [7, 11) is 1.73. The van der Waals surface area contributed by atoms with Crippen molar-refractivity contribution in [1.82, 2.24) is 20.0 Å². The van der Waals surface area contributed by atoms with E-state index in [0.29, 0.717) is 19.1 Å². The molecule has 138 valence electrons. The molecule has 0 radical (unpaired) electrons. The molecule has 2 aliphatic heterocycles. The van der Waals surface area contributed by atoms with E-state index < -0.39 is 0 Å². The molecule has 1 N–H and O–H groups in total. The van der Waals surface area contributed by atoms with Crippen molar-refractivity contribution in [2.75, 3.05) is 59.5 Å². The van der Waals surface area contributed by atoms with Crippen molar-refractivity contribution < 1.29 is 14.3 Å². The topological polar surface area (TPSA) is 65.1 Å². The van der Waals surface area contributed by atoms with Crippen molar-refractivity contribution >= 4 is 11.8 Å². The first-order valence-corrected chi connectivity index (χ1v) is 8.99. The number of methoxy groups -OCH3 is 1. The fraction of sp³-hybridized carbons (Fsp3) is 0.882. The van der Waals surface area contributed by atoms with Crippen LogP contribution in [0.5, 0.6) is 0 Å². The Morgan fingerprint density at radius 3 is 2.67 bits per heavy atom. The molecule has 2 fully saturated rings. The molecule has 0 aromatic carbocycles. The number of piperidine rings is 1. The number of rotatable bonds is 6. The molecule has 2 amide bonds. The molecule has 0 aliphatic carbocycles. The van der Waals surface area contributed by atoms with Crippen molar-refractivity contribution in [1.29, 1.82) is 0 Å². The molecular weight excluding hydrogens is 308 g/mol. The Labute approximate surface area is 145 Å². The van der Waals surface area contributed by atoms with Crippen LogP contribution in [0.25, 0.3) is 0 Å². The van der Waals surface area contributed by atoms with Crippen LogP contribution in [0.15, 0.2) is 0 Å². The fourth-order valence-electron chi connectivity index (χ4n) is 3.66. The molecule has 0 spiro atoms. The number of nitrogens with one attached hydrogen (secondary N) is 1. The first-order chi connectivity index (χ1) is 11.5. The number of hydrogen-bond acceptors (Lipinski definition) is 5. The van der Waals surface area contributed by atoms with E-state index in [0.717, 1.165) is 52.2 Å². The highest BCUT2D eigenvalue weighted by Gasteiger charge is 2.28. The zero-order valence-corrected chi connectivity index (χ0v) is 15.3. The average Bonchev–Trinajstić information content (AvgIpc) is 2.54. The first kappa shape index (κ1) is 19.1. The van der Waals surface area contributed by atoms with E-state index in [2.05, 4.69) is 22.0 Å². The molecule has 2 aliphatic rings. The SMILES string of the molecule is COCCN1CCN(CC(=O)N2CCC[C@@H](NC(C)=O)C2)C[C@@H]1C. The van der Waals surface area contributed by atoms with E-state index in [9.17, 15) is 9.59 Å². The summed E-state index contributed by atoms with van der Waals surface area (Å²) in [6.07, 6.45) is 1.91. The third-order valence-electron chi connectivity index (χ3n) is 4.97. The number of amides is 2. The van der Waals surface area contributed by atoms with Gasteiger partial charge in [-0.15, -0.1) is 0 Å². The van der Waals surface area contributed by atoms with Gasteiger partial charge >= 0.3 is 0 Å². The van der Waals surface area contributed by atoms with Gasteiger partial charge in [-0.25, -0.2) is 0 Å². The van der Waals surface area contributed by atoms with Gasteiger partial charge in [0.25, 0.3) is 0 Å². The molecule has 24 heavy (non-hydrogen) atoms. The third-order valence-corrected chi connectivity index (χ3v) is 4.97. The minimum atomic E-state index is -0.0182. The maximum Gasteiger partial charge on any atom is 0.236 e. The number of ether oxygens (including phenoxy) is 1. The normalized spacial score (nSPS) is 26.4. The van der Waals surface area contributed by atoms with Gasteiger partial charge in [-0.1, -0.05) is 0 Å². The Morgan fingerprint density at radius 1 is 1.21 bits per heavy atom. The van der Waals surface area contributed by atoms with Gasteiger partial charge in [0.05, 0.1) is 13.2 Å². The third kappa shape index (κ3) is 5.72. The lowest BCUT2D eigenvalue weighted by atomic mass is 10.1. The van der Waals surface area contributed by atoms with Crippen molar-refractivity contribution in [2.45, 2.75) is 38.8 Å².